The van der Waals surface area contributed by atoms with Gasteiger partial charge in [0.05, 0.1) is 22.9 Å². The summed E-state index contributed by atoms with van der Waals surface area (Å²) in [7, 11) is 0. The second-order valence-electron chi connectivity index (χ2n) is 7.59. The summed E-state index contributed by atoms with van der Waals surface area (Å²) in [6.45, 7) is 2.20. The number of aromatic nitrogens is 2. The van der Waals surface area contributed by atoms with Gasteiger partial charge in [-0.05, 0) is 49.2 Å². The second-order valence-corrected chi connectivity index (χ2v) is 7.59. The van der Waals surface area contributed by atoms with Gasteiger partial charge in [0, 0.05) is 23.9 Å². The van der Waals surface area contributed by atoms with Crippen molar-refractivity contribution in [3.63, 3.8) is 0 Å². The number of fused-ring (bicyclic) bond motifs is 2. The molecule has 1 amide bonds. The Balaban J connectivity index is 1.44. The summed E-state index contributed by atoms with van der Waals surface area (Å²) >= 11 is 0. The van der Waals surface area contributed by atoms with Crippen molar-refractivity contribution >= 4 is 39.2 Å². The van der Waals surface area contributed by atoms with Crippen molar-refractivity contribution in [3.8, 4) is 0 Å². The third-order valence-electron chi connectivity index (χ3n) is 5.67. The highest BCUT2D eigenvalue weighted by atomic mass is 16.2. The van der Waals surface area contributed by atoms with Crippen LogP contribution < -0.4 is 15.6 Å². The highest BCUT2D eigenvalue weighted by molar-refractivity contribution is 5.96. The van der Waals surface area contributed by atoms with E-state index in [0.29, 0.717) is 16.6 Å². The molecule has 5 rings (SSSR count). The molecule has 0 unspecified atom stereocenters. The minimum Gasteiger partial charge on any atom is -0.370 e. The van der Waals surface area contributed by atoms with Crippen molar-refractivity contribution in [2.75, 3.05) is 23.3 Å². The van der Waals surface area contributed by atoms with E-state index >= 15 is 0 Å². The molecule has 30 heavy (non-hydrogen) atoms. The van der Waals surface area contributed by atoms with E-state index in [1.807, 2.05) is 59.3 Å². The molecule has 1 aliphatic rings. The number of benzene rings is 2. The van der Waals surface area contributed by atoms with Crippen LogP contribution >= 0.6 is 0 Å². The molecule has 0 spiro atoms. The van der Waals surface area contributed by atoms with Gasteiger partial charge in [-0.1, -0.05) is 24.3 Å². The van der Waals surface area contributed by atoms with Crippen molar-refractivity contribution in [2.45, 2.75) is 19.4 Å². The zero-order chi connectivity index (χ0) is 20.5. The molecule has 0 saturated carbocycles. The molecule has 1 N–H and O–H groups in total. The molecular weight excluding hydrogens is 376 g/mol. The quantitative estimate of drug-likeness (QED) is 0.531. The maximum Gasteiger partial charge on any atom is 0.245 e. The Labute approximate surface area is 173 Å². The Morgan fingerprint density at radius 1 is 0.900 bits per heavy atom. The number of carbonyl (C=O) groups excluding carboxylic acids is 1. The van der Waals surface area contributed by atoms with Crippen LogP contribution in [-0.2, 0) is 11.3 Å². The van der Waals surface area contributed by atoms with E-state index in [0.717, 1.165) is 29.8 Å². The number of carbonyl (C=O) groups is 1. The van der Waals surface area contributed by atoms with Gasteiger partial charge in [0.1, 0.15) is 12.4 Å². The summed E-state index contributed by atoms with van der Waals surface area (Å²) in [6, 6.07) is 18.6. The van der Waals surface area contributed by atoms with E-state index in [1.54, 1.807) is 12.1 Å². The van der Waals surface area contributed by atoms with Crippen LogP contribution in [0.3, 0.4) is 0 Å². The first-order chi connectivity index (χ1) is 14.7. The lowest BCUT2D eigenvalue weighted by Crippen LogP contribution is -2.22. The van der Waals surface area contributed by atoms with Gasteiger partial charge < -0.3 is 14.8 Å². The van der Waals surface area contributed by atoms with Crippen LogP contribution in [0, 0.1) is 0 Å². The molecule has 0 atom stereocenters. The number of hydrogen-bond acceptors (Lipinski definition) is 4. The highest BCUT2D eigenvalue weighted by Gasteiger charge is 2.15. The fourth-order valence-electron chi connectivity index (χ4n) is 4.20. The first-order valence-corrected chi connectivity index (χ1v) is 10.2. The lowest BCUT2D eigenvalue weighted by molar-refractivity contribution is -0.116. The molecule has 1 fully saturated rings. The molecule has 2 aromatic carbocycles. The van der Waals surface area contributed by atoms with Crippen LogP contribution in [0.15, 0.2) is 71.7 Å². The number of hydrogen-bond donors (Lipinski definition) is 1. The molecule has 2 aromatic heterocycles. The predicted octanol–water partition coefficient (Wildman–Crippen LogP) is 3.79. The van der Waals surface area contributed by atoms with Crippen LogP contribution in [0.4, 0.5) is 11.5 Å². The zero-order valence-electron chi connectivity index (χ0n) is 16.5. The van der Waals surface area contributed by atoms with Crippen molar-refractivity contribution in [1.29, 1.82) is 0 Å². The number of anilines is 2. The van der Waals surface area contributed by atoms with Crippen LogP contribution in [0.25, 0.3) is 21.8 Å². The summed E-state index contributed by atoms with van der Waals surface area (Å²) in [5.41, 5.74) is 2.56. The van der Waals surface area contributed by atoms with Gasteiger partial charge in [-0.2, -0.15) is 0 Å². The molecule has 1 saturated heterocycles. The first kappa shape index (κ1) is 18.4. The normalized spacial score (nSPS) is 13.8. The van der Waals surface area contributed by atoms with Gasteiger partial charge in [0.2, 0.25) is 5.91 Å². The summed E-state index contributed by atoms with van der Waals surface area (Å²) in [6.07, 6.45) is 4.23. The minimum absolute atomic E-state index is 0.0166. The Morgan fingerprint density at radius 3 is 2.13 bits per heavy atom. The van der Waals surface area contributed by atoms with E-state index in [2.05, 4.69) is 15.2 Å². The molecular formula is C24H22N4O2. The van der Waals surface area contributed by atoms with Crippen LogP contribution in [-0.4, -0.2) is 28.5 Å². The number of rotatable bonds is 4. The lowest BCUT2D eigenvalue weighted by Gasteiger charge is -2.17. The molecule has 0 aliphatic carbocycles. The largest absolute Gasteiger partial charge is 0.370 e. The molecule has 4 aromatic rings. The SMILES string of the molecule is O=C(Cn1c2ccccc2c(=O)c2ccccc21)Nc1ccc(N2CCCC2)cn1. The lowest BCUT2D eigenvalue weighted by atomic mass is 10.1. The van der Waals surface area contributed by atoms with Crippen molar-refractivity contribution in [1.82, 2.24) is 9.55 Å². The van der Waals surface area contributed by atoms with Gasteiger partial charge in [0.15, 0.2) is 5.43 Å². The molecule has 1 aliphatic heterocycles. The van der Waals surface area contributed by atoms with Crippen LogP contribution in [0.2, 0.25) is 0 Å². The Kier molecular flexibility index (Phi) is 4.67. The minimum atomic E-state index is -0.185. The summed E-state index contributed by atoms with van der Waals surface area (Å²) in [5.74, 6) is 0.341. The number of nitrogens with one attached hydrogen (secondary N) is 1. The Bertz CT molecular complexity index is 1230. The average Bonchev–Trinajstić information content (AvgIpc) is 3.32. The fourth-order valence-corrected chi connectivity index (χ4v) is 4.20. The van der Waals surface area contributed by atoms with E-state index in [9.17, 15) is 9.59 Å². The average molecular weight is 398 g/mol. The van der Waals surface area contributed by atoms with Gasteiger partial charge in [-0.15, -0.1) is 0 Å². The van der Waals surface area contributed by atoms with Gasteiger partial charge in [0.25, 0.3) is 0 Å². The van der Waals surface area contributed by atoms with E-state index in [-0.39, 0.29) is 17.9 Å². The monoisotopic (exact) mass is 398 g/mol. The predicted molar refractivity (Wildman–Crippen MR) is 120 cm³/mol. The zero-order valence-corrected chi connectivity index (χ0v) is 16.5. The van der Waals surface area contributed by atoms with E-state index in [4.69, 9.17) is 0 Å². The Morgan fingerprint density at radius 2 is 1.53 bits per heavy atom. The van der Waals surface area contributed by atoms with Crippen molar-refractivity contribution < 1.29 is 4.79 Å². The summed E-state index contributed by atoms with van der Waals surface area (Å²) in [4.78, 5) is 32.4. The number of amides is 1. The molecule has 0 radical (unpaired) electrons. The molecule has 3 heterocycles. The smallest absolute Gasteiger partial charge is 0.245 e. The first-order valence-electron chi connectivity index (χ1n) is 10.2. The maximum atomic E-state index is 12.8. The van der Waals surface area contributed by atoms with Crippen molar-refractivity contribution in [3.05, 3.63) is 77.1 Å². The van der Waals surface area contributed by atoms with Crippen LogP contribution in [0.1, 0.15) is 12.8 Å². The number of para-hydroxylation sites is 2. The summed E-state index contributed by atoms with van der Waals surface area (Å²) in [5, 5.41) is 4.10. The second kappa shape index (κ2) is 7.63. The maximum absolute atomic E-state index is 12.8. The number of pyridine rings is 2. The van der Waals surface area contributed by atoms with E-state index < -0.39 is 0 Å². The molecule has 6 nitrogen and oxygen atoms in total. The standard InChI is InChI=1S/C24H22N4O2/c29-23(26-22-12-11-17(15-25-22)27-13-5-6-14-27)16-28-20-9-3-1-7-18(20)24(30)19-8-2-4-10-21(19)28/h1-4,7-12,15H,5-6,13-14,16H2,(H,25,26,29). The van der Waals surface area contributed by atoms with Crippen LogP contribution in [0.5, 0.6) is 0 Å². The van der Waals surface area contributed by atoms with Gasteiger partial charge in [-0.3, -0.25) is 9.59 Å². The van der Waals surface area contributed by atoms with Gasteiger partial charge >= 0.3 is 0 Å². The molecule has 6 heteroatoms. The highest BCUT2D eigenvalue weighted by Crippen LogP contribution is 2.21. The topological polar surface area (TPSA) is 67.2 Å². The number of nitrogens with zero attached hydrogens (tertiary/aromatic N) is 3. The third kappa shape index (κ3) is 3.30. The van der Waals surface area contributed by atoms with Crippen molar-refractivity contribution in [2.24, 2.45) is 0 Å². The molecule has 0 bridgehead atoms. The fraction of sp³-hybridized carbons (Fsp3) is 0.208. The Hall–Kier alpha value is -3.67. The van der Waals surface area contributed by atoms with E-state index in [1.165, 1.54) is 12.8 Å². The third-order valence-corrected chi connectivity index (χ3v) is 5.67. The van der Waals surface area contributed by atoms with Gasteiger partial charge in [-0.25, -0.2) is 4.98 Å². The molecule has 150 valence electrons. The summed E-state index contributed by atoms with van der Waals surface area (Å²) < 4.78 is 1.89.